The van der Waals surface area contributed by atoms with Crippen molar-refractivity contribution in [3.8, 4) is 0 Å². The molecule has 0 unspecified atom stereocenters. The van der Waals surface area contributed by atoms with Gasteiger partial charge in [0.05, 0.1) is 6.42 Å². The molecule has 100 valence electrons. The van der Waals surface area contributed by atoms with Crippen molar-refractivity contribution in [2.75, 3.05) is 5.32 Å². The van der Waals surface area contributed by atoms with Crippen LogP contribution in [0.3, 0.4) is 0 Å². The number of fused-ring (bicyclic) bond motifs is 1. The lowest BCUT2D eigenvalue weighted by molar-refractivity contribution is -0.115. The van der Waals surface area contributed by atoms with Crippen LogP contribution in [0.15, 0.2) is 52.9 Å². The van der Waals surface area contributed by atoms with Gasteiger partial charge in [-0.25, -0.2) is 0 Å². The molecule has 1 amide bonds. The van der Waals surface area contributed by atoms with Crippen molar-refractivity contribution in [2.24, 2.45) is 0 Å². The van der Waals surface area contributed by atoms with Crippen LogP contribution in [0.2, 0.25) is 5.02 Å². The number of benzene rings is 2. The Morgan fingerprint density at radius 3 is 2.80 bits per heavy atom. The molecule has 5 heteroatoms. The summed E-state index contributed by atoms with van der Waals surface area (Å²) in [7, 11) is 0. The largest absolute Gasteiger partial charge is 0.423 e. The van der Waals surface area contributed by atoms with E-state index in [1.54, 1.807) is 18.2 Å². The molecule has 0 bridgehead atoms. The summed E-state index contributed by atoms with van der Waals surface area (Å²) in [6.07, 6.45) is 0.278. The zero-order valence-electron chi connectivity index (χ0n) is 10.5. The summed E-state index contributed by atoms with van der Waals surface area (Å²) < 4.78 is 5.43. The van der Waals surface area contributed by atoms with Gasteiger partial charge in [-0.3, -0.25) is 10.1 Å². The molecule has 0 atom stereocenters. The van der Waals surface area contributed by atoms with E-state index in [0.717, 1.165) is 5.56 Å². The van der Waals surface area contributed by atoms with E-state index in [-0.39, 0.29) is 18.3 Å². The maximum Gasteiger partial charge on any atom is 0.302 e. The number of carbonyl (C=O) groups is 1. The molecule has 0 aliphatic carbocycles. The van der Waals surface area contributed by atoms with Crippen molar-refractivity contribution < 1.29 is 9.21 Å². The molecule has 3 rings (SSSR count). The molecule has 3 aromatic rings. The van der Waals surface area contributed by atoms with Gasteiger partial charge in [-0.2, -0.15) is 4.98 Å². The van der Waals surface area contributed by atoms with E-state index in [9.17, 15) is 4.79 Å². The third-order valence-corrected chi connectivity index (χ3v) is 3.04. The zero-order chi connectivity index (χ0) is 13.9. The van der Waals surface area contributed by atoms with Crippen LogP contribution in [0.1, 0.15) is 5.56 Å². The number of rotatable bonds is 3. The second-order valence-electron chi connectivity index (χ2n) is 4.34. The maximum absolute atomic E-state index is 11.9. The molecule has 0 aliphatic rings. The van der Waals surface area contributed by atoms with Crippen LogP contribution in [-0.2, 0) is 11.2 Å². The average molecular weight is 287 g/mol. The predicted molar refractivity (Wildman–Crippen MR) is 77.8 cm³/mol. The Labute approximate surface area is 120 Å². The molecule has 0 radical (unpaired) electrons. The number of amides is 1. The standard InChI is InChI=1S/C15H11ClN2O2/c16-11-6-7-13-12(9-11)17-15(20-13)18-14(19)8-10-4-2-1-3-5-10/h1-7,9H,8H2,(H,17,18,19). The average Bonchev–Trinajstić information content (AvgIpc) is 2.80. The minimum atomic E-state index is -0.172. The Bertz CT molecular complexity index is 753. The lowest BCUT2D eigenvalue weighted by Gasteiger charge is -2.00. The van der Waals surface area contributed by atoms with Gasteiger partial charge in [0, 0.05) is 5.02 Å². The highest BCUT2D eigenvalue weighted by Gasteiger charge is 2.10. The van der Waals surface area contributed by atoms with Gasteiger partial charge < -0.3 is 4.42 Å². The third-order valence-electron chi connectivity index (χ3n) is 2.80. The van der Waals surface area contributed by atoms with E-state index in [2.05, 4.69) is 10.3 Å². The van der Waals surface area contributed by atoms with Crippen molar-refractivity contribution in [1.29, 1.82) is 0 Å². The van der Waals surface area contributed by atoms with Crippen LogP contribution >= 0.6 is 11.6 Å². The molecule has 1 N–H and O–H groups in total. The third kappa shape index (κ3) is 2.81. The lowest BCUT2D eigenvalue weighted by atomic mass is 10.1. The first-order valence-electron chi connectivity index (χ1n) is 6.10. The molecule has 4 nitrogen and oxygen atoms in total. The molecule has 0 saturated heterocycles. The Morgan fingerprint density at radius 2 is 2.00 bits per heavy atom. The highest BCUT2D eigenvalue weighted by Crippen LogP contribution is 2.22. The summed E-state index contributed by atoms with van der Waals surface area (Å²) in [6, 6.07) is 14.8. The van der Waals surface area contributed by atoms with E-state index < -0.39 is 0 Å². The van der Waals surface area contributed by atoms with E-state index in [1.807, 2.05) is 30.3 Å². The molecule has 1 heterocycles. The van der Waals surface area contributed by atoms with Crippen LogP contribution in [0, 0.1) is 0 Å². The topological polar surface area (TPSA) is 55.1 Å². The number of halogens is 1. The van der Waals surface area contributed by atoms with E-state index in [1.165, 1.54) is 0 Å². The number of nitrogens with zero attached hydrogens (tertiary/aromatic N) is 1. The minimum absolute atomic E-state index is 0.172. The lowest BCUT2D eigenvalue weighted by Crippen LogP contribution is -2.14. The number of nitrogens with one attached hydrogen (secondary N) is 1. The first-order valence-corrected chi connectivity index (χ1v) is 6.48. The molecular weight excluding hydrogens is 276 g/mol. The molecular formula is C15H11ClN2O2. The molecule has 0 spiro atoms. The Kier molecular flexibility index (Phi) is 3.39. The summed E-state index contributed by atoms with van der Waals surface area (Å²) in [6.45, 7) is 0. The van der Waals surface area contributed by atoms with Crippen molar-refractivity contribution in [3.63, 3.8) is 0 Å². The fraction of sp³-hybridized carbons (Fsp3) is 0.0667. The summed E-state index contributed by atoms with van der Waals surface area (Å²) in [4.78, 5) is 16.1. The molecule has 2 aromatic carbocycles. The quantitative estimate of drug-likeness (QED) is 0.799. The van der Waals surface area contributed by atoms with E-state index in [0.29, 0.717) is 16.1 Å². The second kappa shape index (κ2) is 5.35. The van der Waals surface area contributed by atoms with Gasteiger partial charge in [0.1, 0.15) is 5.52 Å². The fourth-order valence-corrected chi connectivity index (χ4v) is 2.07. The number of oxazole rings is 1. The van der Waals surface area contributed by atoms with Gasteiger partial charge in [0.25, 0.3) is 0 Å². The summed E-state index contributed by atoms with van der Waals surface area (Å²) in [5, 5.41) is 3.22. The summed E-state index contributed by atoms with van der Waals surface area (Å²) in [5.74, 6) is -0.172. The monoisotopic (exact) mass is 286 g/mol. The maximum atomic E-state index is 11.9. The van der Waals surface area contributed by atoms with Crippen LogP contribution in [0.4, 0.5) is 6.01 Å². The van der Waals surface area contributed by atoms with Crippen LogP contribution in [0.25, 0.3) is 11.1 Å². The molecule has 0 fully saturated rings. The highest BCUT2D eigenvalue weighted by molar-refractivity contribution is 6.31. The molecule has 0 saturated carbocycles. The van der Waals surface area contributed by atoms with Crippen LogP contribution < -0.4 is 5.32 Å². The first kappa shape index (κ1) is 12.7. The Hall–Kier alpha value is -2.33. The Morgan fingerprint density at radius 1 is 1.20 bits per heavy atom. The molecule has 20 heavy (non-hydrogen) atoms. The van der Waals surface area contributed by atoms with Gasteiger partial charge in [-0.05, 0) is 23.8 Å². The smallest absolute Gasteiger partial charge is 0.302 e. The molecule has 1 aromatic heterocycles. The summed E-state index contributed by atoms with van der Waals surface area (Å²) >= 11 is 5.87. The van der Waals surface area contributed by atoms with E-state index >= 15 is 0 Å². The number of aromatic nitrogens is 1. The highest BCUT2D eigenvalue weighted by atomic mass is 35.5. The number of hydrogen-bond acceptors (Lipinski definition) is 3. The van der Waals surface area contributed by atoms with Gasteiger partial charge in [-0.1, -0.05) is 41.9 Å². The van der Waals surface area contributed by atoms with Crippen molar-refractivity contribution in [1.82, 2.24) is 4.98 Å². The Balaban J connectivity index is 1.74. The number of anilines is 1. The van der Waals surface area contributed by atoms with Crippen molar-refractivity contribution in [2.45, 2.75) is 6.42 Å². The van der Waals surface area contributed by atoms with Gasteiger partial charge in [-0.15, -0.1) is 0 Å². The summed E-state index contributed by atoms with van der Waals surface area (Å²) in [5.41, 5.74) is 2.14. The molecule has 0 aliphatic heterocycles. The normalized spacial score (nSPS) is 10.7. The predicted octanol–water partition coefficient (Wildman–Crippen LogP) is 3.66. The number of carbonyl (C=O) groups excluding carboxylic acids is 1. The van der Waals surface area contributed by atoms with Crippen molar-refractivity contribution >= 4 is 34.6 Å². The van der Waals surface area contributed by atoms with Gasteiger partial charge in [0.15, 0.2) is 5.58 Å². The van der Waals surface area contributed by atoms with Gasteiger partial charge in [0.2, 0.25) is 5.91 Å². The second-order valence-corrected chi connectivity index (χ2v) is 4.78. The van der Waals surface area contributed by atoms with Crippen LogP contribution in [-0.4, -0.2) is 10.9 Å². The fourth-order valence-electron chi connectivity index (χ4n) is 1.90. The van der Waals surface area contributed by atoms with Crippen molar-refractivity contribution in [3.05, 3.63) is 59.1 Å². The zero-order valence-corrected chi connectivity index (χ0v) is 11.2. The number of hydrogen-bond donors (Lipinski definition) is 1. The van der Waals surface area contributed by atoms with E-state index in [4.69, 9.17) is 16.0 Å². The van der Waals surface area contributed by atoms with Gasteiger partial charge >= 0.3 is 6.01 Å². The SMILES string of the molecule is O=C(Cc1ccccc1)Nc1nc2cc(Cl)ccc2o1. The minimum Gasteiger partial charge on any atom is -0.423 e. The first-order chi connectivity index (χ1) is 9.70. The van der Waals surface area contributed by atoms with Crippen LogP contribution in [0.5, 0.6) is 0 Å².